The van der Waals surface area contributed by atoms with Crippen molar-refractivity contribution in [1.82, 2.24) is 4.72 Å². The van der Waals surface area contributed by atoms with E-state index in [-0.39, 0.29) is 16.2 Å². The second-order valence-corrected chi connectivity index (χ2v) is 7.48. The van der Waals surface area contributed by atoms with Gasteiger partial charge in [0.1, 0.15) is 15.8 Å². The number of carboxylic acid groups (broad SMARTS) is 1. The quantitative estimate of drug-likeness (QED) is 0.671. The van der Waals surface area contributed by atoms with Crippen molar-refractivity contribution in [2.45, 2.75) is 17.4 Å². The summed E-state index contributed by atoms with van der Waals surface area (Å²) in [5.41, 5.74) is 0. The number of aliphatic carboxylic acids is 1. The topological polar surface area (TPSA) is 110 Å². The van der Waals surface area contributed by atoms with Crippen molar-refractivity contribution in [3.05, 3.63) is 16.3 Å². The highest BCUT2D eigenvalue weighted by Crippen LogP contribution is 2.23. The summed E-state index contributed by atoms with van der Waals surface area (Å²) in [5, 5.41) is 10.5. The SMILES string of the molecule is COC(=O)c1sccc1S(=O)(=O)N[C@H](CCSC)C(=O)O. The van der Waals surface area contributed by atoms with Crippen LogP contribution < -0.4 is 4.72 Å². The lowest BCUT2D eigenvalue weighted by Gasteiger charge is -2.14. The van der Waals surface area contributed by atoms with Crippen molar-refractivity contribution >= 4 is 45.1 Å². The van der Waals surface area contributed by atoms with Gasteiger partial charge in [-0.05, 0) is 29.9 Å². The first-order valence-electron chi connectivity index (χ1n) is 5.73. The summed E-state index contributed by atoms with van der Waals surface area (Å²) in [6.07, 6.45) is 1.94. The second-order valence-electron chi connectivity index (χ2n) is 3.90. The Morgan fingerprint density at radius 3 is 2.71 bits per heavy atom. The number of hydrogen-bond acceptors (Lipinski definition) is 7. The largest absolute Gasteiger partial charge is 0.480 e. The molecule has 118 valence electrons. The minimum atomic E-state index is -4.11. The molecule has 0 radical (unpaired) electrons. The Labute approximate surface area is 130 Å². The molecule has 0 aliphatic heterocycles. The van der Waals surface area contributed by atoms with Crippen LogP contribution >= 0.6 is 23.1 Å². The van der Waals surface area contributed by atoms with E-state index in [1.165, 1.54) is 23.2 Å². The number of ether oxygens (including phenoxy) is 1. The monoisotopic (exact) mass is 353 g/mol. The lowest BCUT2D eigenvalue weighted by Crippen LogP contribution is -2.41. The van der Waals surface area contributed by atoms with Gasteiger partial charge in [-0.25, -0.2) is 13.2 Å². The van der Waals surface area contributed by atoms with Crippen LogP contribution in [0.5, 0.6) is 0 Å². The van der Waals surface area contributed by atoms with Crippen molar-refractivity contribution in [2.24, 2.45) is 0 Å². The van der Waals surface area contributed by atoms with E-state index in [0.717, 1.165) is 18.4 Å². The lowest BCUT2D eigenvalue weighted by molar-refractivity contribution is -0.139. The van der Waals surface area contributed by atoms with Gasteiger partial charge in [-0.1, -0.05) is 0 Å². The molecule has 0 aliphatic carbocycles. The maximum absolute atomic E-state index is 12.2. The molecular weight excluding hydrogens is 338 g/mol. The van der Waals surface area contributed by atoms with E-state index in [1.54, 1.807) is 6.26 Å². The summed E-state index contributed by atoms with van der Waals surface area (Å²) in [6, 6.07) is 0.0000579. The number of hydrogen-bond donors (Lipinski definition) is 2. The first kappa shape index (κ1) is 18.0. The van der Waals surface area contributed by atoms with Gasteiger partial charge >= 0.3 is 11.9 Å². The second kappa shape index (κ2) is 7.78. The summed E-state index contributed by atoms with van der Waals surface area (Å²) in [4.78, 5) is 22.3. The predicted molar refractivity (Wildman–Crippen MR) is 80.4 cm³/mol. The highest BCUT2D eigenvalue weighted by Gasteiger charge is 2.29. The molecule has 0 unspecified atom stereocenters. The van der Waals surface area contributed by atoms with E-state index in [2.05, 4.69) is 9.46 Å². The van der Waals surface area contributed by atoms with Crippen LogP contribution in [0.1, 0.15) is 16.1 Å². The molecule has 1 rings (SSSR count). The van der Waals surface area contributed by atoms with Gasteiger partial charge in [0.15, 0.2) is 0 Å². The van der Waals surface area contributed by atoms with Gasteiger partial charge in [-0.2, -0.15) is 16.5 Å². The molecule has 0 amide bonds. The number of thiophene rings is 1. The van der Waals surface area contributed by atoms with Crippen molar-refractivity contribution in [1.29, 1.82) is 0 Å². The van der Waals surface area contributed by atoms with Crippen molar-refractivity contribution < 1.29 is 27.9 Å². The van der Waals surface area contributed by atoms with Crippen LogP contribution in [0.15, 0.2) is 16.3 Å². The number of carbonyl (C=O) groups is 2. The van der Waals surface area contributed by atoms with E-state index in [0.29, 0.717) is 5.75 Å². The van der Waals surface area contributed by atoms with E-state index in [4.69, 9.17) is 5.11 Å². The van der Waals surface area contributed by atoms with Crippen LogP contribution in [0.25, 0.3) is 0 Å². The molecular formula is C11H15NO6S3. The maximum Gasteiger partial charge on any atom is 0.349 e. The number of carboxylic acids is 1. The molecule has 1 atom stereocenters. The average Bonchev–Trinajstić information content (AvgIpc) is 2.92. The Balaban J connectivity index is 3.03. The third-order valence-electron chi connectivity index (χ3n) is 2.50. The molecule has 10 heteroatoms. The number of methoxy groups -OCH3 is 1. The van der Waals surface area contributed by atoms with Crippen LogP contribution in [-0.2, 0) is 19.6 Å². The maximum atomic E-state index is 12.2. The average molecular weight is 353 g/mol. The van der Waals surface area contributed by atoms with Crippen LogP contribution in [-0.4, -0.2) is 50.6 Å². The zero-order valence-electron chi connectivity index (χ0n) is 11.4. The molecule has 21 heavy (non-hydrogen) atoms. The number of thioether (sulfide) groups is 1. The van der Waals surface area contributed by atoms with Gasteiger partial charge in [0, 0.05) is 0 Å². The first-order valence-corrected chi connectivity index (χ1v) is 9.49. The van der Waals surface area contributed by atoms with Gasteiger partial charge < -0.3 is 9.84 Å². The first-order chi connectivity index (χ1) is 9.83. The summed E-state index contributed by atoms with van der Waals surface area (Å²) < 4.78 is 31.1. The predicted octanol–water partition coefficient (Wildman–Crippen LogP) is 1.02. The molecule has 1 heterocycles. The van der Waals surface area contributed by atoms with Crippen LogP contribution in [0.4, 0.5) is 0 Å². The molecule has 1 aromatic rings. The Morgan fingerprint density at radius 1 is 1.52 bits per heavy atom. The number of carbonyl (C=O) groups excluding carboxylic acids is 1. The van der Waals surface area contributed by atoms with Crippen LogP contribution in [0, 0.1) is 0 Å². The van der Waals surface area contributed by atoms with E-state index < -0.39 is 28.0 Å². The van der Waals surface area contributed by atoms with Crippen molar-refractivity contribution in [2.75, 3.05) is 19.1 Å². The molecule has 0 aromatic carbocycles. The molecule has 2 N–H and O–H groups in total. The Bertz CT molecular complexity index is 609. The van der Waals surface area contributed by atoms with E-state index in [9.17, 15) is 18.0 Å². The fourth-order valence-electron chi connectivity index (χ4n) is 1.47. The van der Waals surface area contributed by atoms with Crippen molar-refractivity contribution in [3.63, 3.8) is 0 Å². The minimum absolute atomic E-state index is 0.0843. The number of rotatable bonds is 8. The van der Waals surface area contributed by atoms with Gasteiger partial charge in [-0.15, -0.1) is 11.3 Å². The molecule has 0 aliphatic rings. The fourth-order valence-corrected chi connectivity index (χ4v) is 4.50. The zero-order chi connectivity index (χ0) is 16.0. The highest BCUT2D eigenvalue weighted by molar-refractivity contribution is 7.98. The van der Waals surface area contributed by atoms with E-state index >= 15 is 0 Å². The third kappa shape index (κ3) is 4.70. The van der Waals surface area contributed by atoms with Gasteiger partial charge in [0.25, 0.3) is 0 Å². The van der Waals surface area contributed by atoms with Gasteiger partial charge in [-0.3, -0.25) is 4.79 Å². The van der Waals surface area contributed by atoms with Gasteiger partial charge in [0.2, 0.25) is 10.0 Å². The number of esters is 1. The van der Waals surface area contributed by atoms with Crippen LogP contribution in [0.2, 0.25) is 0 Å². The summed E-state index contributed by atoms with van der Waals surface area (Å²) >= 11 is 2.33. The molecule has 0 fully saturated rings. The molecule has 0 saturated heterocycles. The standard InChI is InChI=1S/C11H15NO6S3/c1-18-11(15)9-8(4-6-20-9)21(16,17)12-7(10(13)14)3-5-19-2/h4,6-7,12H,3,5H2,1-2H3,(H,13,14)/t7-/m1/s1. The molecule has 0 spiro atoms. The molecule has 7 nitrogen and oxygen atoms in total. The Hall–Kier alpha value is -1.10. The Kier molecular flexibility index (Phi) is 6.65. The molecule has 1 aromatic heterocycles. The third-order valence-corrected chi connectivity index (χ3v) is 5.68. The fraction of sp³-hybridized carbons (Fsp3) is 0.455. The number of sulfonamides is 1. The van der Waals surface area contributed by atoms with E-state index in [1.807, 2.05) is 0 Å². The molecule has 0 saturated carbocycles. The summed E-state index contributed by atoms with van der Waals surface area (Å²) in [7, 11) is -2.96. The summed E-state index contributed by atoms with van der Waals surface area (Å²) in [5.74, 6) is -1.55. The number of nitrogens with one attached hydrogen (secondary N) is 1. The van der Waals surface area contributed by atoms with Gasteiger partial charge in [0.05, 0.1) is 7.11 Å². The lowest BCUT2D eigenvalue weighted by atomic mass is 10.2. The minimum Gasteiger partial charge on any atom is -0.480 e. The highest BCUT2D eigenvalue weighted by atomic mass is 32.2. The smallest absolute Gasteiger partial charge is 0.349 e. The molecule has 0 bridgehead atoms. The van der Waals surface area contributed by atoms with Crippen molar-refractivity contribution in [3.8, 4) is 0 Å². The zero-order valence-corrected chi connectivity index (χ0v) is 13.8. The summed E-state index contributed by atoms with van der Waals surface area (Å²) in [6.45, 7) is 0. The normalized spacial score (nSPS) is 12.9. The van der Waals surface area contributed by atoms with Crippen LogP contribution in [0.3, 0.4) is 0 Å². The Morgan fingerprint density at radius 2 is 2.19 bits per heavy atom.